The van der Waals surface area contributed by atoms with Gasteiger partial charge in [0.15, 0.2) is 5.25 Å². The van der Waals surface area contributed by atoms with Crippen LogP contribution in [0.3, 0.4) is 0 Å². The maximum absolute atomic E-state index is 12.8. The monoisotopic (exact) mass is 289 g/mol. The number of rotatable bonds is 2. The Morgan fingerprint density at radius 3 is 2.45 bits per heavy atom. The summed E-state index contributed by atoms with van der Waals surface area (Å²) in [7, 11) is -1.28. The van der Waals surface area contributed by atoms with Gasteiger partial charge in [0.05, 0.1) is 22.8 Å². The summed E-state index contributed by atoms with van der Waals surface area (Å²) in [6.07, 6.45) is 0. The summed E-state index contributed by atoms with van der Waals surface area (Å²) in [5.74, 6) is 0. The van der Waals surface area contributed by atoms with Crippen LogP contribution in [0.5, 0.6) is 0 Å². The standard InChI is InChI=1S/C15H19N3OS/c1-11-6-8-12(9-7-11)20(19)13-10-17-18-15(13,16-5)14(2,3)4/h6-9,13H,10H2,1-4H3/t13-,15-,20+/m1/s1. The second-order valence-electron chi connectivity index (χ2n) is 6.11. The van der Waals surface area contributed by atoms with Crippen molar-refractivity contribution in [1.29, 1.82) is 0 Å². The van der Waals surface area contributed by atoms with Gasteiger partial charge in [-0.1, -0.05) is 38.5 Å². The van der Waals surface area contributed by atoms with Crippen molar-refractivity contribution in [3.63, 3.8) is 0 Å². The van der Waals surface area contributed by atoms with Crippen molar-refractivity contribution in [2.45, 2.75) is 43.5 Å². The van der Waals surface area contributed by atoms with Crippen LogP contribution < -0.4 is 0 Å². The normalized spacial score (nSPS) is 27.2. The fourth-order valence-corrected chi connectivity index (χ4v) is 4.05. The van der Waals surface area contributed by atoms with Gasteiger partial charge in [-0.15, -0.1) is 5.11 Å². The Balaban J connectivity index is 2.40. The molecule has 1 heterocycles. The first-order chi connectivity index (χ1) is 9.32. The van der Waals surface area contributed by atoms with Crippen molar-refractivity contribution in [1.82, 2.24) is 0 Å². The Bertz CT molecular complexity index is 595. The molecular formula is C15H19N3OS. The van der Waals surface area contributed by atoms with Gasteiger partial charge < -0.3 is 0 Å². The Hall–Kier alpha value is -1.54. The van der Waals surface area contributed by atoms with Crippen LogP contribution in [0.1, 0.15) is 26.3 Å². The first kappa shape index (κ1) is 14.9. The van der Waals surface area contributed by atoms with Gasteiger partial charge in [-0.2, -0.15) is 5.11 Å². The van der Waals surface area contributed by atoms with Crippen molar-refractivity contribution in [3.8, 4) is 0 Å². The fourth-order valence-electron chi connectivity index (χ4n) is 2.36. The summed E-state index contributed by atoms with van der Waals surface area (Å²) >= 11 is 0. The summed E-state index contributed by atoms with van der Waals surface area (Å²) in [5.41, 5.74) is -0.318. The SMILES string of the molecule is [C-]#[N+][C@@]1(C(C)(C)C)N=NC[C@H]1[S@@](=O)c1ccc(C)cc1. The number of hydrogen-bond acceptors (Lipinski definition) is 3. The summed E-state index contributed by atoms with van der Waals surface area (Å²) in [6, 6.07) is 7.60. The lowest BCUT2D eigenvalue weighted by Gasteiger charge is -2.31. The number of benzene rings is 1. The second kappa shape index (κ2) is 5.10. The average Bonchev–Trinajstić information content (AvgIpc) is 2.83. The van der Waals surface area contributed by atoms with Gasteiger partial charge in [0.1, 0.15) is 0 Å². The van der Waals surface area contributed by atoms with Gasteiger partial charge >= 0.3 is 5.66 Å². The minimum absolute atomic E-state index is 0.347. The van der Waals surface area contributed by atoms with E-state index in [-0.39, 0.29) is 5.25 Å². The van der Waals surface area contributed by atoms with E-state index in [1.165, 1.54) is 0 Å². The molecule has 0 saturated heterocycles. The molecule has 1 aromatic carbocycles. The van der Waals surface area contributed by atoms with Gasteiger partial charge in [-0.05, 0) is 19.1 Å². The highest BCUT2D eigenvalue weighted by Crippen LogP contribution is 2.44. The lowest BCUT2D eigenvalue weighted by molar-refractivity contribution is 0.246. The molecule has 2 rings (SSSR count). The molecule has 1 aliphatic rings. The smallest absolute Gasteiger partial charge is 0.281 e. The molecule has 0 aromatic heterocycles. The van der Waals surface area contributed by atoms with E-state index in [9.17, 15) is 4.21 Å². The number of nitrogens with zero attached hydrogens (tertiary/aromatic N) is 3. The van der Waals surface area contributed by atoms with Gasteiger partial charge in [0.25, 0.3) is 0 Å². The van der Waals surface area contributed by atoms with Gasteiger partial charge in [0, 0.05) is 4.90 Å². The number of hydrogen-bond donors (Lipinski definition) is 0. The minimum atomic E-state index is -1.28. The highest BCUT2D eigenvalue weighted by molar-refractivity contribution is 7.85. The van der Waals surface area contributed by atoms with Crippen LogP contribution >= 0.6 is 0 Å². The molecule has 106 valence electrons. The largest absolute Gasteiger partial charge is 0.361 e. The van der Waals surface area contributed by atoms with E-state index < -0.39 is 21.9 Å². The van der Waals surface area contributed by atoms with Crippen LogP contribution in [-0.4, -0.2) is 21.7 Å². The first-order valence-electron chi connectivity index (χ1n) is 6.56. The molecule has 0 unspecified atom stereocenters. The highest BCUT2D eigenvalue weighted by atomic mass is 32.2. The molecule has 0 fully saturated rings. The molecule has 0 amide bonds. The molecule has 5 heteroatoms. The van der Waals surface area contributed by atoms with E-state index in [1.807, 2.05) is 52.0 Å². The molecule has 1 aromatic rings. The van der Waals surface area contributed by atoms with Crippen molar-refractivity contribution < 1.29 is 4.21 Å². The Labute approximate surface area is 122 Å². The lowest BCUT2D eigenvalue weighted by Crippen LogP contribution is -2.48. The van der Waals surface area contributed by atoms with Crippen molar-refractivity contribution in [2.24, 2.45) is 15.6 Å². The molecule has 0 spiro atoms. The molecule has 1 aliphatic heterocycles. The van der Waals surface area contributed by atoms with Crippen LogP contribution in [0.25, 0.3) is 4.85 Å². The van der Waals surface area contributed by atoms with Gasteiger partial charge in [-0.25, -0.2) is 6.57 Å². The first-order valence-corrected chi connectivity index (χ1v) is 7.77. The predicted octanol–water partition coefficient (Wildman–Crippen LogP) is 3.60. The van der Waals surface area contributed by atoms with Crippen LogP contribution in [0, 0.1) is 18.9 Å². The second-order valence-corrected chi connectivity index (χ2v) is 7.75. The molecule has 0 saturated carbocycles. The molecular weight excluding hydrogens is 270 g/mol. The lowest BCUT2D eigenvalue weighted by atomic mass is 9.79. The van der Waals surface area contributed by atoms with Crippen molar-refractivity contribution in [3.05, 3.63) is 41.2 Å². The third kappa shape index (κ3) is 2.29. The molecule has 0 aliphatic carbocycles. The maximum Gasteiger partial charge on any atom is 0.361 e. The molecule has 20 heavy (non-hydrogen) atoms. The third-order valence-corrected chi connectivity index (χ3v) is 5.44. The zero-order valence-corrected chi connectivity index (χ0v) is 13.1. The molecule has 0 N–H and O–H groups in total. The zero-order valence-electron chi connectivity index (χ0n) is 12.3. The summed E-state index contributed by atoms with van der Waals surface area (Å²) in [5, 5.41) is 7.83. The van der Waals surface area contributed by atoms with Crippen LogP contribution in [0.2, 0.25) is 0 Å². The number of aryl methyl sites for hydroxylation is 1. The molecule has 0 bridgehead atoms. The summed E-state index contributed by atoms with van der Waals surface area (Å²) in [4.78, 5) is 4.47. The third-order valence-electron chi connectivity index (χ3n) is 3.71. The van der Waals surface area contributed by atoms with Crippen LogP contribution in [0.4, 0.5) is 0 Å². The van der Waals surface area contributed by atoms with E-state index in [4.69, 9.17) is 6.57 Å². The fraction of sp³-hybridized carbons (Fsp3) is 0.533. The predicted molar refractivity (Wildman–Crippen MR) is 79.9 cm³/mol. The highest BCUT2D eigenvalue weighted by Gasteiger charge is 2.61. The van der Waals surface area contributed by atoms with Crippen molar-refractivity contribution in [2.75, 3.05) is 6.54 Å². The van der Waals surface area contributed by atoms with Gasteiger partial charge in [0.2, 0.25) is 0 Å². The Kier molecular flexibility index (Phi) is 3.79. The van der Waals surface area contributed by atoms with Crippen LogP contribution in [0.15, 0.2) is 39.4 Å². The zero-order chi connectivity index (χ0) is 15.0. The van der Waals surface area contributed by atoms with E-state index in [0.29, 0.717) is 6.54 Å². The Morgan fingerprint density at radius 2 is 1.95 bits per heavy atom. The summed E-state index contributed by atoms with van der Waals surface area (Å²) < 4.78 is 12.8. The Morgan fingerprint density at radius 1 is 1.35 bits per heavy atom. The summed E-state index contributed by atoms with van der Waals surface area (Å²) in [6.45, 7) is 15.8. The van der Waals surface area contributed by atoms with Gasteiger partial charge in [-0.3, -0.25) is 9.05 Å². The molecule has 3 atom stereocenters. The quantitative estimate of drug-likeness (QED) is 0.767. The van der Waals surface area contributed by atoms with E-state index >= 15 is 0 Å². The van der Waals surface area contributed by atoms with Crippen molar-refractivity contribution >= 4 is 10.8 Å². The topological polar surface area (TPSA) is 46.1 Å². The minimum Gasteiger partial charge on any atom is -0.281 e. The number of azo groups is 1. The van der Waals surface area contributed by atoms with Crippen LogP contribution in [-0.2, 0) is 10.8 Å². The van der Waals surface area contributed by atoms with E-state index in [0.717, 1.165) is 10.5 Å². The van der Waals surface area contributed by atoms with E-state index in [1.54, 1.807) is 0 Å². The average molecular weight is 289 g/mol. The maximum atomic E-state index is 12.8. The van der Waals surface area contributed by atoms with E-state index in [2.05, 4.69) is 15.1 Å². The molecule has 0 radical (unpaired) electrons. The molecule has 4 nitrogen and oxygen atoms in total.